The Morgan fingerprint density at radius 1 is 1.11 bits per heavy atom. The fourth-order valence-corrected chi connectivity index (χ4v) is 7.77. The van der Waals surface area contributed by atoms with Gasteiger partial charge in [-0.15, -0.1) is 0 Å². The predicted octanol–water partition coefficient (Wildman–Crippen LogP) is 4.37. The molecule has 3 aromatic rings. The van der Waals surface area contributed by atoms with Gasteiger partial charge in [0.05, 0.1) is 30.2 Å². The molecule has 7 nitrogen and oxygen atoms in total. The lowest BCUT2D eigenvalue weighted by Gasteiger charge is -2.38. The molecule has 1 aliphatic heterocycles. The smallest absolute Gasteiger partial charge is 0.318 e. The van der Waals surface area contributed by atoms with Gasteiger partial charge in [0.2, 0.25) is 5.00 Å². The number of hydrogen-bond donors (Lipinski definition) is 0. The lowest BCUT2D eigenvalue weighted by molar-refractivity contribution is -0.130. The highest BCUT2D eigenvalue weighted by Gasteiger charge is 2.44. The molecule has 2 heterocycles. The highest BCUT2D eigenvalue weighted by Crippen LogP contribution is 2.36. The Bertz CT molecular complexity index is 1450. The molecule has 4 rings (SSSR count). The highest BCUT2D eigenvalue weighted by atomic mass is 35.5. The zero-order chi connectivity index (χ0) is 26.1. The van der Waals surface area contributed by atoms with E-state index in [1.165, 1.54) is 0 Å². The van der Waals surface area contributed by atoms with E-state index in [1.807, 2.05) is 33.3 Å². The molecule has 0 N–H and O–H groups in total. The van der Waals surface area contributed by atoms with E-state index in [2.05, 4.69) is 14.5 Å². The van der Waals surface area contributed by atoms with Crippen molar-refractivity contribution in [2.24, 2.45) is 12.0 Å². The van der Waals surface area contributed by atoms with Crippen molar-refractivity contribution in [1.82, 2.24) is 14.0 Å². The molecule has 0 saturated carbocycles. The zero-order valence-electron chi connectivity index (χ0n) is 21.3. The van der Waals surface area contributed by atoms with Crippen LogP contribution in [0, 0.1) is 0 Å². The van der Waals surface area contributed by atoms with Crippen LogP contribution >= 0.6 is 22.9 Å². The minimum atomic E-state index is -3.63. The number of benzene rings is 2. The van der Waals surface area contributed by atoms with Gasteiger partial charge in [0.15, 0.2) is 14.6 Å². The van der Waals surface area contributed by atoms with Crippen molar-refractivity contribution >= 4 is 54.5 Å². The van der Waals surface area contributed by atoms with Crippen LogP contribution in [0.2, 0.25) is 5.02 Å². The molecule has 0 atom stereocenters. The van der Waals surface area contributed by atoms with E-state index in [4.69, 9.17) is 11.6 Å². The van der Waals surface area contributed by atoms with E-state index in [0.717, 1.165) is 45.5 Å². The topological polar surface area (TPSA) is 71.7 Å². The molecule has 194 valence electrons. The molecule has 0 radical (unpaired) electrons. The van der Waals surface area contributed by atoms with Gasteiger partial charge in [-0.25, -0.2) is 17.7 Å². The van der Waals surface area contributed by atoms with Gasteiger partial charge in [0.1, 0.15) is 5.69 Å². The van der Waals surface area contributed by atoms with Gasteiger partial charge in [0, 0.05) is 25.7 Å². The van der Waals surface area contributed by atoms with Crippen LogP contribution in [0.25, 0.3) is 10.8 Å². The number of piperidine rings is 1. The lowest BCUT2D eigenvalue weighted by atomic mass is 10.1. The fraction of sp³-hybridized carbons (Fsp3) is 0.462. The highest BCUT2D eigenvalue weighted by molar-refractivity contribution is 7.91. The molecule has 1 aromatic heterocycles. The molecule has 1 aliphatic rings. The number of sulfone groups is 1. The summed E-state index contributed by atoms with van der Waals surface area (Å²) in [6, 6.07) is 10.4. The van der Waals surface area contributed by atoms with Crippen LogP contribution in [0.3, 0.4) is 0 Å². The molecule has 1 amide bonds. The number of carbonyl (C=O) groups is 1. The lowest BCUT2D eigenvalue weighted by Crippen LogP contribution is -2.57. The van der Waals surface area contributed by atoms with E-state index < -0.39 is 9.84 Å². The maximum Gasteiger partial charge on any atom is 0.320 e. The molecule has 0 bridgehead atoms. The quantitative estimate of drug-likeness (QED) is 0.410. The number of thiazole rings is 1. The Morgan fingerprint density at radius 3 is 2.44 bits per heavy atom. The third kappa shape index (κ3) is 5.31. The number of fused-ring (bicyclic) bond motifs is 1. The third-order valence-corrected chi connectivity index (χ3v) is 10.3. The molecule has 2 aromatic carbocycles. The average molecular weight is 550 g/mol. The van der Waals surface area contributed by atoms with E-state index in [-0.39, 0.29) is 27.5 Å². The van der Waals surface area contributed by atoms with E-state index in [1.54, 1.807) is 42.6 Å². The standard InChI is InChI=1S/C26H34ClN4O3S2/c1-28-26-30(4)23(18-29(2)3)25(35-26)31(13-6-5-7-14-31)24(32)12-15-36(33,34)22-11-9-19-16-21(27)10-8-20(19)17-22/h8-11,16-17H,5-7,12-15,18H2,1-4H3/q+1/b28-26-. The number of nitrogens with zero attached hydrogens (tertiary/aromatic N) is 4. The third-order valence-electron chi connectivity index (χ3n) is 6.95. The molecule has 1 saturated heterocycles. The summed E-state index contributed by atoms with van der Waals surface area (Å²) < 4.78 is 28.8. The van der Waals surface area contributed by atoms with Gasteiger partial charge < -0.3 is 9.47 Å². The van der Waals surface area contributed by atoms with Crippen LogP contribution in [-0.2, 0) is 28.2 Å². The molecule has 0 aliphatic carbocycles. The molecule has 36 heavy (non-hydrogen) atoms. The first kappa shape index (κ1) is 27.0. The molecular formula is C26H34ClN4O3S2+. The second-order valence-electron chi connectivity index (χ2n) is 9.75. The maximum absolute atomic E-state index is 13.9. The van der Waals surface area contributed by atoms with Crippen LogP contribution in [0.4, 0.5) is 5.00 Å². The average Bonchev–Trinajstić information content (AvgIpc) is 3.17. The zero-order valence-corrected chi connectivity index (χ0v) is 23.7. The first-order valence-corrected chi connectivity index (χ1v) is 15.0. The first-order valence-electron chi connectivity index (χ1n) is 12.2. The Morgan fingerprint density at radius 2 is 1.78 bits per heavy atom. The Labute approximate surface area is 222 Å². The summed E-state index contributed by atoms with van der Waals surface area (Å²) in [6.07, 6.45) is 2.93. The molecular weight excluding hydrogens is 516 g/mol. The predicted molar refractivity (Wildman–Crippen MR) is 148 cm³/mol. The summed E-state index contributed by atoms with van der Waals surface area (Å²) in [4.78, 5) is 21.6. The second-order valence-corrected chi connectivity index (χ2v) is 13.3. The van der Waals surface area contributed by atoms with Crippen LogP contribution in [0.5, 0.6) is 0 Å². The first-order chi connectivity index (χ1) is 17.1. The van der Waals surface area contributed by atoms with Gasteiger partial charge in [-0.1, -0.05) is 23.7 Å². The SMILES string of the molecule is C/N=c1\sc([N+]2(C(=O)CCS(=O)(=O)c3ccc4cc(Cl)ccc4c3)CCCCC2)c(CN(C)C)n1C. The largest absolute Gasteiger partial charge is 0.320 e. The van der Waals surface area contributed by atoms with Crippen LogP contribution in [0.15, 0.2) is 46.3 Å². The number of amides is 1. The van der Waals surface area contributed by atoms with Gasteiger partial charge in [0.25, 0.3) is 0 Å². The van der Waals surface area contributed by atoms with Crippen molar-refractivity contribution in [3.05, 3.63) is 51.9 Å². The number of rotatable bonds is 7. The monoisotopic (exact) mass is 549 g/mol. The van der Waals surface area contributed by atoms with E-state index in [0.29, 0.717) is 24.7 Å². The minimum absolute atomic E-state index is 0.0252. The Kier molecular flexibility index (Phi) is 8.07. The summed E-state index contributed by atoms with van der Waals surface area (Å²) >= 11 is 7.62. The maximum atomic E-state index is 13.9. The minimum Gasteiger partial charge on any atom is -0.318 e. The van der Waals surface area contributed by atoms with Gasteiger partial charge in [-0.3, -0.25) is 4.99 Å². The van der Waals surface area contributed by atoms with Crippen LogP contribution in [-0.4, -0.2) is 63.8 Å². The number of likely N-dealkylation sites (tertiary alicyclic amines) is 1. The number of carbonyl (C=O) groups excluding carboxylic acids is 1. The summed E-state index contributed by atoms with van der Waals surface area (Å²) in [6.45, 7) is 2.07. The fourth-order valence-electron chi connectivity index (χ4n) is 5.04. The molecule has 0 unspecified atom stereocenters. The van der Waals surface area contributed by atoms with E-state index >= 15 is 0 Å². The second kappa shape index (κ2) is 10.8. The molecule has 1 fully saturated rings. The number of halogens is 1. The van der Waals surface area contributed by atoms with Crippen molar-refractivity contribution in [3.8, 4) is 0 Å². The Hall–Kier alpha value is -2.04. The van der Waals surface area contributed by atoms with Crippen LogP contribution in [0.1, 0.15) is 31.4 Å². The van der Waals surface area contributed by atoms with Gasteiger partial charge in [-0.05, 0) is 79.7 Å². The summed E-state index contributed by atoms with van der Waals surface area (Å²) in [5, 5.41) is 3.29. The van der Waals surface area contributed by atoms with Crippen molar-refractivity contribution in [2.75, 3.05) is 40.0 Å². The van der Waals surface area contributed by atoms with Gasteiger partial charge in [-0.2, -0.15) is 0 Å². The summed E-state index contributed by atoms with van der Waals surface area (Å²) in [5.74, 6) is -0.244. The molecule has 10 heteroatoms. The van der Waals surface area contributed by atoms with Crippen molar-refractivity contribution < 1.29 is 13.2 Å². The molecule has 0 spiro atoms. The van der Waals surface area contributed by atoms with Crippen molar-refractivity contribution in [3.63, 3.8) is 0 Å². The van der Waals surface area contributed by atoms with Crippen LogP contribution < -0.4 is 9.28 Å². The summed E-state index contributed by atoms with van der Waals surface area (Å²) in [7, 11) is 4.14. The Balaban J connectivity index is 1.65. The number of hydrogen-bond acceptors (Lipinski definition) is 6. The summed E-state index contributed by atoms with van der Waals surface area (Å²) in [5.41, 5.74) is 1.07. The van der Waals surface area contributed by atoms with Gasteiger partial charge >= 0.3 is 5.91 Å². The number of aromatic nitrogens is 1. The van der Waals surface area contributed by atoms with Crippen molar-refractivity contribution in [2.45, 2.75) is 37.1 Å². The normalized spacial score (nSPS) is 16.7. The number of quaternary nitrogens is 1. The van der Waals surface area contributed by atoms with E-state index in [9.17, 15) is 13.2 Å². The van der Waals surface area contributed by atoms with Crippen molar-refractivity contribution in [1.29, 1.82) is 0 Å².